The Balaban J connectivity index is 4.11. The molecule has 0 rings (SSSR count). The molecule has 0 N–H and O–H groups in total. The molecule has 0 aromatic rings. The summed E-state index contributed by atoms with van der Waals surface area (Å²) in [5.41, 5.74) is 0. The van der Waals surface area contributed by atoms with E-state index in [1.807, 2.05) is 0 Å². The van der Waals surface area contributed by atoms with Crippen molar-refractivity contribution in [2.75, 3.05) is 6.61 Å². The van der Waals surface area contributed by atoms with Gasteiger partial charge < -0.3 is 9.16 Å². The first-order valence-electron chi connectivity index (χ1n) is 6.01. The number of rotatable bonds is 8. The molecule has 0 spiro atoms. The van der Waals surface area contributed by atoms with E-state index in [0.717, 1.165) is 25.4 Å². The predicted octanol–water partition coefficient (Wildman–Crippen LogP) is 4.30. The maximum atomic E-state index is 5.86. The van der Waals surface area contributed by atoms with Crippen LogP contribution >= 0.6 is 0 Å². The molecule has 0 saturated heterocycles. The fraction of sp³-hybridized carbons (Fsp3) is 0.833. The molecule has 90 valence electrons. The largest absolute Gasteiger partial charge is 0.520 e. The molecule has 0 unspecified atom stereocenters. The Morgan fingerprint density at radius 1 is 1.13 bits per heavy atom. The van der Waals surface area contributed by atoms with Crippen molar-refractivity contribution in [3.8, 4) is 0 Å². The van der Waals surface area contributed by atoms with E-state index in [9.17, 15) is 0 Å². The van der Waals surface area contributed by atoms with Crippen LogP contribution in [0.2, 0.25) is 19.6 Å². The molecular weight excluding hydrogens is 204 g/mol. The molecule has 0 aliphatic carbocycles. The number of allylic oxidation sites excluding steroid dienone is 1. The van der Waals surface area contributed by atoms with Gasteiger partial charge in [0.2, 0.25) is 8.32 Å². The fourth-order valence-corrected chi connectivity index (χ4v) is 1.80. The van der Waals surface area contributed by atoms with E-state index in [4.69, 9.17) is 9.16 Å². The zero-order valence-electron chi connectivity index (χ0n) is 10.9. The molecule has 0 aliphatic heterocycles. The van der Waals surface area contributed by atoms with Crippen LogP contribution in [-0.2, 0) is 9.16 Å². The second-order valence-electron chi connectivity index (χ2n) is 4.73. The highest BCUT2D eigenvalue weighted by molar-refractivity contribution is 6.69. The van der Waals surface area contributed by atoms with Crippen LogP contribution in [0.5, 0.6) is 0 Å². The second kappa shape index (κ2) is 7.80. The molecule has 0 atom stereocenters. The van der Waals surface area contributed by atoms with Crippen molar-refractivity contribution in [3.05, 3.63) is 12.0 Å². The minimum absolute atomic E-state index is 0.752. The first kappa shape index (κ1) is 14.6. The molecule has 0 aliphatic rings. The van der Waals surface area contributed by atoms with E-state index >= 15 is 0 Å². The molecule has 0 aromatic heterocycles. The molecule has 0 fully saturated rings. The van der Waals surface area contributed by atoms with Crippen molar-refractivity contribution < 1.29 is 9.16 Å². The molecule has 0 radical (unpaired) electrons. The Bertz CT molecular complexity index is 183. The summed E-state index contributed by atoms with van der Waals surface area (Å²) in [5.74, 6) is 0.754. The van der Waals surface area contributed by atoms with Crippen LogP contribution in [0.15, 0.2) is 12.0 Å². The lowest BCUT2D eigenvalue weighted by Gasteiger charge is -2.21. The molecule has 0 amide bonds. The Labute approximate surface area is 95.8 Å². The maximum absolute atomic E-state index is 5.86. The molecule has 0 aromatic carbocycles. The van der Waals surface area contributed by atoms with Gasteiger partial charge in [0.25, 0.3) is 5.95 Å². The van der Waals surface area contributed by atoms with E-state index in [-0.39, 0.29) is 0 Å². The topological polar surface area (TPSA) is 18.5 Å². The summed E-state index contributed by atoms with van der Waals surface area (Å²) in [6.45, 7) is 11.6. The van der Waals surface area contributed by atoms with Gasteiger partial charge in [0.05, 0.1) is 6.61 Å². The van der Waals surface area contributed by atoms with Crippen LogP contribution in [0, 0.1) is 0 Å². The maximum Gasteiger partial charge on any atom is 0.261 e. The lowest BCUT2D eigenvalue weighted by Crippen LogP contribution is -2.25. The van der Waals surface area contributed by atoms with Crippen molar-refractivity contribution in [3.63, 3.8) is 0 Å². The van der Waals surface area contributed by atoms with Gasteiger partial charge in [-0.2, -0.15) is 0 Å². The summed E-state index contributed by atoms with van der Waals surface area (Å²) in [6.07, 6.45) is 6.59. The van der Waals surface area contributed by atoms with Gasteiger partial charge in [0.15, 0.2) is 0 Å². The van der Waals surface area contributed by atoms with E-state index in [0.29, 0.717) is 0 Å². The van der Waals surface area contributed by atoms with Gasteiger partial charge in [-0.25, -0.2) is 0 Å². The zero-order valence-corrected chi connectivity index (χ0v) is 11.9. The van der Waals surface area contributed by atoms with Crippen LogP contribution in [0.3, 0.4) is 0 Å². The van der Waals surface area contributed by atoms with Crippen molar-refractivity contribution in [1.29, 1.82) is 0 Å². The monoisotopic (exact) mass is 230 g/mol. The van der Waals surface area contributed by atoms with Crippen LogP contribution in [0.25, 0.3) is 0 Å². The smallest absolute Gasteiger partial charge is 0.261 e. The SMILES string of the molecule is CCCCC=C(OCCC)O[Si](C)(C)C. The first-order valence-corrected chi connectivity index (χ1v) is 9.42. The molecule has 0 saturated carbocycles. The first-order chi connectivity index (χ1) is 6.99. The zero-order chi connectivity index (χ0) is 11.7. The second-order valence-corrected chi connectivity index (χ2v) is 9.16. The summed E-state index contributed by atoms with van der Waals surface area (Å²) in [5, 5.41) is 0. The van der Waals surface area contributed by atoms with E-state index in [2.05, 4.69) is 39.6 Å². The van der Waals surface area contributed by atoms with Crippen molar-refractivity contribution in [1.82, 2.24) is 0 Å². The highest BCUT2D eigenvalue weighted by atomic mass is 28.4. The van der Waals surface area contributed by atoms with Crippen LogP contribution in [0.1, 0.15) is 39.5 Å². The molecule has 0 heterocycles. The Morgan fingerprint density at radius 2 is 1.80 bits per heavy atom. The summed E-state index contributed by atoms with van der Waals surface area (Å²) in [7, 11) is -1.52. The van der Waals surface area contributed by atoms with Gasteiger partial charge in [-0.15, -0.1) is 0 Å². The fourth-order valence-electron chi connectivity index (χ4n) is 1.06. The third-order valence-corrected chi connectivity index (χ3v) is 2.54. The standard InChI is InChI=1S/C12H26O2Si/c1-6-8-9-10-12(13-11-7-2)14-15(3,4)5/h10H,6-9,11H2,1-5H3. The highest BCUT2D eigenvalue weighted by Crippen LogP contribution is 2.13. The predicted molar refractivity (Wildman–Crippen MR) is 68.3 cm³/mol. The Morgan fingerprint density at radius 3 is 2.27 bits per heavy atom. The van der Waals surface area contributed by atoms with Gasteiger partial charge in [-0.3, -0.25) is 0 Å². The summed E-state index contributed by atoms with van der Waals surface area (Å²) in [4.78, 5) is 0. The Kier molecular flexibility index (Phi) is 7.57. The Hall–Kier alpha value is -0.443. The number of hydrogen-bond acceptors (Lipinski definition) is 2. The number of ether oxygens (including phenoxy) is 1. The lowest BCUT2D eigenvalue weighted by atomic mass is 10.2. The van der Waals surface area contributed by atoms with E-state index in [1.54, 1.807) is 0 Å². The van der Waals surface area contributed by atoms with Crippen molar-refractivity contribution >= 4 is 8.32 Å². The van der Waals surface area contributed by atoms with Crippen LogP contribution in [-0.4, -0.2) is 14.9 Å². The molecule has 2 nitrogen and oxygen atoms in total. The summed E-state index contributed by atoms with van der Waals surface area (Å²) < 4.78 is 11.5. The van der Waals surface area contributed by atoms with Gasteiger partial charge in [-0.05, 0) is 45.0 Å². The minimum atomic E-state index is -1.52. The molecule has 3 heteroatoms. The van der Waals surface area contributed by atoms with E-state index in [1.165, 1.54) is 12.8 Å². The van der Waals surface area contributed by atoms with Crippen LogP contribution in [0.4, 0.5) is 0 Å². The molecular formula is C12H26O2Si. The highest BCUT2D eigenvalue weighted by Gasteiger charge is 2.18. The van der Waals surface area contributed by atoms with Crippen molar-refractivity contribution in [2.24, 2.45) is 0 Å². The summed E-state index contributed by atoms with van der Waals surface area (Å²) in [6, 6.07) is 0. The molecule has 15 heavy (non-hydrogen) atoms. The third kappa shape index (κ3) is 9.85. The minimum Gasteiger partial charge on any atom is -0.520 e. The third-order valence-electron chi connectivity index (χ3n) is 1.72. The number of unbranched alkanes of at least 4 members (excludes halogenated alkanes) is 2. The van der Waals surface area contributed by atoms with Gasteiger partial charge in [0.1, 0.15) is 0 Å². The van der Waals surface area contributed by atoms with Crippen molar-refractivity contribution in [2.45, 2.75) is 59.2 Å². The lowest BCUT2D eigenvalue weighted by molar-refractivity contribution is 0.102. The van der Waals surface area contributed by atoms with E-state index < -0.39 is 8.32 Å². The van der Waals surface area contributed by atoms with Gasteiger partial charge in [0, 0.05) is 0 Å². The summed E-state index contributed by atoms with van der Waals surface area (Å²) >= 11 is 0. The normalized spacial score (nSPS) is 12.7. The van der Waals surface area contributed by atoms with Gasteiger partial charge >= 0.3 is 0 Å². The molecule has 0 bridgehead atoms. The van der Waals surface area contributed by atoms with Crippen LogP contribution < -0.4 is 0 Å². The average Bonchev–Trinajstić information content (AvgIpc) is 2.12. The van der Waals surface area contributed by atoms with Gasteiger partial charge in [-0.1, -0.05) is 20.3 Å². The number of hydrogen-bond donors (Lipinski definition) is 0. The average molecular weight is 230 g/mol. The quantitative estimate of drug-likeness (QED) is 0.352.